The van der Waals surface area contributed by atoms with Gasteiger partial charge in [0.2, 0.25) is 5.89 Å². The second kappa shape index (κ2) is 12.8. The van der Waals surface area contributed by atoms with Crippen LogP contribution in [0.5, 0.6) is 0 Å². The molecule has 0 N–H and O–H groups in total. The summed E-state index contributed by atoms with van der Waals surface area (Å²) in [6, 6.07) is 67.4. The van der Waals surface area contributed by atoms with Gasteiger partial charge in [-0.2, -0.15) is 0 Å². The number of fused-ring (bicyclic) bond motifs is 8. The molecule has 0 saturated carbocycles. The Morgan fingerprint density at radius 1 is 0.379 bits per heavy atom. The zero-order chi connectivity index (χ0) is 38.2. The van der Waals surface area contributed by atoms with E-state index in [9.17, 15) is 0 Å². The monoisotopic (exact) mass is 744 g/mol. The van der Waals surface area contributed by atoms with Crippen molar-refractivity contribution in [2.45, 2.75) is 0 Å². The number of hydrogen-bond donors (Lipinski definition) is 0. The number of benzene rings is 9. The van der Waals surface area contributed by atoms with E-state index in [0.29, 0.717) is 5.89 Å². The number of hydrogen-bond acceptors (Lipinski definition) is 5. The molecular weight excluding hydrogens is 713 g/mol. The molecule has 0 bridgehead atoms. The van der Waals surface area contributed by atoms with Crippen molar-refractivity contribution in [1.29, 1.82) is 0 Å². The van der Waals surface area contributed by atoms with Gasteiger partial charge in [0.25, 0.3) is 0 Å². The fourth-order valence-electron chi connectivity index (χ4n) is 8.57. The molecule has 12 aromatic rings. The van der Waals surface area contributed by atoms with Gasteiger partial charge in [-0.25, -0.2) is 4.98 Å². The van der Waals surface area contributed by atoms with Gasteiger partial charge in [0.1, 0.15) is 27.8 Å². The summed E-state index contributed by atoms with van der Waals surface area (Å²) < 4.78 is 19.4. The van der Waals surface area contributed by atoms with E-state index in [4.69, 9.17) is 18.2 Å². The Hall–Kier alpha value is -7.89. The standard InChI is InChI=1S/C53H32N2O3/c1-3-12-34(13-4-1)53-54-44-29-25-36(32-49(44)58-53)35-24-28-41-43-30-37-14-7-8-17-40(37)50(52(43)57-48(41)31-35)33-22-26-39(27-23-33)55(38-15-5-2-6-16-38)45-19-11-21-47-51(45)42-18-9-10-20-46(42)56-47/h1-32H. The molecule has 0 radical (unpaired) electrons. The summed E-state index contributed by atoms with van der Waals surface area (Å²) in [6.45, 7) is 0. The van der Waals surface area contributed by atoms with Crippen molar-refractivity contribution in [3.05, 3.63) is 194 Å². The molecule has 0 aliphatic heterocycles. The fraction of sp³-hybridized carbons (Fsp3) is 0. The van der Waals surface area contributed by atoms with Crippen LogP contribution < -0.4 is 4.90 Å². The molecule has 0 saturated heterocycles. The van der Waals surface area contributed by atoms with Crippen LogP contribution in [0.15, 0.2) is 207 Å². The van der Waals surface area contributed by atoms with E-state index in [-0.39, 0.29) is 0 Å². The lowest BCUT2D eigenvalue weighted by atomic mass is 9.94. The fourth-order valence-corrected chi connectivity index (χ4v) is 8.57. The quantitative estimate of drug-likeness (QED) is 0.170. The van der Waals surface area contributed by atoms with E-state index in [1.54, 1.807) is 0 Å². The Bertz CT molecular complexity index is 3510. The van der Waals surface area contributed by atoms with Crippen molar-refractivity contribution in [2.75, 3.05) is 4.90 Å². The van der Waals surface area contributed by atoms with E-state index in [1.165, 1.54) is 0 Å². The number of aromatic nitrogens is 1. The first-order valence-electron chi connectivity index (χ1n) is 19.4. The highest BCUT2D eigenvalue weighted by molar-refractivity contribution is 6.19. The number of nitrogens with zero attached hydrogens (tertiary/aromatic N) is 2. The first-order valence-corrected chi connectivity index (χ1v) is 19.4. The molecule has 272 valence electrons. The number of para-hydroxylation sites is 2. The highest BCUT2D eigenvalue weighted by atomic mass is 16.3. The zero-order valence-electron chi connectivity index (χ0n) is 31.1. The van der Waals surface area contributed by atoms with Crippen molar-refractivity contribution < 1.29 is 13.3 Å². The van der Waals surface area contributed by atoms with Crippen LogP contribution in [0, 0.1) is 0 Å². The van der Waals surface area contributed by atoms with Gasteiger partial charge in [-0.05, 0) is 112 Å². The van der Waals surface area contributed by atoms with Gasteiger partial charge in [0, 0.05) is 38.7 Å². The number of oxazole rings is 1. The van der Waals surface area contributed by atoms with Crippen LogP contribution in [0.3, 0.4) is 0 Å². The van der Waals surface area contributed by atoms with E-state index in [0.717, 1.165) is 111 Å². The summed E-state index contributed by atoms with van der Waals surface area (Å²) in [5.74, 6) is 0.616. The first kappa shape index (κ1) is 32.4. The smallest absolute Gasteiger partial charge is 0.227 e. The lowest BCUT2D eigenvalue weighted by Gasteiger charge is -2.26. The lowest BCUT2D eigenvalue weighted by Crippen LogP contribution is -2.10. The molecule has 5 heteroatoms. The SMILES string of the molecule is c1ccc(-c2nc3ccc(-c4ccc5c(c4)oc4c(-c6ccc(N(c7ccccc7)c7cccc8oc9ccccc9c78)cc6)c6ccccc6cc45)cc3o2)cc1. The average molecular weight is 745 g/mol. The van der Waals surface area contributed by atoms with Gasteiger partial charge >= 0.3 is 0 Å². The maximum absolute atomic E-state index is 6.90. The van der Waals surface area contributed by atoms with E-state index < -0.39 is 0 Å². The molecule has 0 aliphatic rings. The Balaban J connectivity index is 0.985. The molecular formula is C53H32N2O3. The third-order valence-electron chi connectivity index (χ3n) is 11.3. The molecule has 3 heterocycles. The topological polar surface area (TPSA) is 55.6 Å². The molecule has 5 nitrogen and oxygen atoms in total. The lowest BCUT2D eigenvalue weighted by molar-refractivity contribution is 0.620. The van der Waals surface area contributed by atoms with Crippen LogP contribution >= 0.6 is 0 Å². The second-order valence-electron chi connectivity index (χ2n) is 14.7. The van der Waals surface area contributed by atoms with Gasteiger partial charge in [-0.15, -0.1) is 0 Å². The Labute approximate surface area is 332 Å². The summed E-state index contributed by atoms with van der Waals surface area (Å²) in [5, 5.41) is 6.64. The van der Waals surface area contributed by atoms with Crippen molar-refractivity contribution in [3.63, 3.8) is 0 Å². The summed E-state index contributed by atoms with van der Waals surface area (Å²) in [6.07, 6.45) is 0. The molecule has 3 aromatic heterocycles. The van der Waals surface area contributed by atoms with Gasteiger partial charge < -0.3 is 18.2 Å². The minimum Gasteiger partial charge on any atom is -0.456 e. The molecule has 0 amide bonds. The van der Waals surface area contributed by atoms with Crippen molar-refractivity contribution in [2.24, 2.45) is 0 Å². The third-order valence-corrected chi connectivity index (χ3v) is 11.3. The van der Waals surface area contributed by atoms with Crippen LogP contribution in [0.25, 0.3) is 99.5 Å². The molecule has 9 aromatic carbocycles. The predicted molar refractivity (Wildman–Crippen MR) is 237 cm³/mol. The third kappa shape index (κ3) is 5.14. The van der Waals surface area contributed by atoms with Crippen molar-refractivity contribution in [1.82, 2.24) is 4.98 Å². The number of anilines is 3. The van der Waals surface area contributed by atoms with Crippen molar-refractivity contribution in [3.8, 4) is 33.7 Å². The molecule has 0 aliphatic carbocycles. The van der Waals surface area contributed by atoms with Gasteiger partial charge in [0.15, 0.2) is 5.58 Å². The summed E-state index contributed by atoms with van der Waals surface area (Å²) >= 11 is 0. The molecule has 0 fully saturated rings. The van der Waals surface area contributed by atoms with Crippen LogP contribution in [-0.2, 0) is 0 Å². The minimum atomic E-state index is 0.616. The first-order chi connectivity index (χ1) is 28.7. The molecule has 12 rings (SSSR count). The van der Waals surface area contributed by atoms with E-state index in [2.05, 4.69) is 144 Å². The van der Waals surface area contributed by atoms with E-state index >= 15 is 0 Å². The summed E-state index contributed by atoms with van der Waals surface area (Å²) in [5.41, 5.74) is 13.4. The maximum atomic E-state index is 6.90. The second-order valence-corrected chi connectivity index (χ2v) is 14.7. The zero-order valence-corrected chi connectivity index (χ0v) is 31.1. The predicted octanol–water partition coefficient (Wildman–Crippen LogP) is 15.3. The highest BCUT2D eigenvalue weighted by Crippen LogP contribution is 2.45. The van der Waals surface area contributed by atoms with Gasteiger partial charge in [0.05, 0.1) is 11.1 Å². The molecule has 58 heavy (non-hydrogen) atoms. The normalized spacial score (nSPS) is 11.8. The van der Waals surface area contributed by atoms with Crippen LogP contribution in [0.4, 0.5) is 17.1 Å². The number of rotatable bonds is 6. The van der Waals surface area contributed by atoms with Gasteiger partial charge in [-0.3, -0.25) is 0 Å². The Kier molecular flexibility index (Phi) is 7.16. The minimum absolute atomic E-state index is 0.616. The summed E-state index contributed by atoms with van der Waals surface area (Å²) in [7, 11) is 0. The number of furan rings is 2. The largest absolute Gasteiger partial charge is 0.456 e. The van der Waals surface area contributed by atoms with Gasteiger partial charge in [-0.1, -0.05) is 109 Å². The Morgan fingerprint density at radius 2 is 1.05 bits per heavy atom. The summed E-state index contributed by atoms with van der Waals surface area (Å²) in [4.78, 5) is 7.05. The molecule has 0 unspecified atom stereocenters. The highest BCUT2D eigenvalue weighted by Gasteiger charge is 2.21. The van der Waals surface area contributed by atoms with Crippen LogP contribution in [-0.4, -0.2) is 4.98 Å². The molecule has 0 spiro atoms. The Morgan fingerprint density at radius 3 is 1.90 bits per heavy atom. The average Bonchev–Trinajstić information content (AvgIpc) is 4.00. The van der Waals surface area contributed by atoms with E-state index in [1.807, 2.05) is 54.6 Å². The van der Waals surface area contributed by atoms with Crippen molar-refractivity contribution >= 4 is 82.8 Å². The molecule has 0 atom stereocenters. The maximum Gasteiger partial charge on any atom is 0.227 e. The van der Waals surface area contributed by atoms with Crippen LogP contribution in [0.1, 0.15) is 0 Å². The van der Waals surface area contributed by atoms with Crippen LogP contribution in [0.2, 0.25) is 0 Å².